The van der Waals surface area contributed by atoms with Crippen LogP contribution in [0.1, 0.15) is 0 Å². The molecule has 6 heteroatoms. The van der Waals surface area contributed by atoms with E-state index in [1.807, 2.05) is 0 Å². The van der Waals surface area contributed by atoms with Crippen LogP contribution in [0.5, 0.6) is 0 Å². The van der Waals surface area contributed by atoms with Gasteiger partial charge in [-0.25, -0.2) is 0 Å². The Morgan fingerprint density at radius 3 is 1.20 bits per heavy atom. The smallest absolute Gasteiger partial charge is 0.202 e. The highest BCUT2D eigenvalue weighted by molar-refractivity contribution is 7.76. The Morgan fingerprint density at radius 2 is 1.20 bits per heavy atom. The lowest BCUT2D eigenvalue weighted by Crippen LogP contribution is -2.10. The Labute approximate surface area is 63.5 Å². The quantitative estimate of drug-likeness (QED) is 0.475. The molecule has 0 aliphatic rings. The van der Waals surface area contributed by atoms with Gasteiger partial charge in [0.1, 0.15) is 14.6 Å². The van der Waals surface area contributed by atoms with Crippen molar-refractivity contribution in [3.05, 3.63) is 0 Å². The van der Waals surface area contributed by atoms with Gasteiger partial charge in [0, 0.05) is 26.7 Å². The summed E-state index contributed by atoms with van der Waals surface area (Å²) >= 11 is 0. The van der Waals surface area contributed by atoms with Crippen molar-refractivity contribution in [3.63, 3.8) is 0 Å². The first kappa shape index (κ1) is 10.5. The lowest BCUT2D eigenvalue weighted by atomic mass is 10.5. The van der Waals surface area contributed by atoms with Crippen LogP contribution in [0.25, 0.3) is 0 Å². The van der Waals surface area contributed by atoms with Crippen molar-refractivity contribution in [3.8, 4) is 0 Å². The largest absolute Gasteiger partial charge is 0.308 e. The molecule has 0 saturated heterocycles. The molecule has 58 valence electrons. The summed E-state index contributed by atoms with van der Waals surface area (Å²) in [6, 6.07) is 0. The molecule has 0 aromatic carbocycles. The first-order valence-electron chi connectivity index (χ1n) is 2.81. The maximum atomic E-state index is 11.2. The van der Waals surface area contributed by atoms with Gasteiger partial charge in [-0.1, -0.05) is 0 Å². The molecule has 0 spiro atoms. The molecule has 2 radical (unpaired) electrons. The summed E-state index contributed by atoms with van der Waals surface area (Å²) < 4.78 is 23.4. The summed E-state index contributed by atoms with van der Waals surface area (Å²) in [7, 11) is 0.274. The van der Waals surface area contributed by atoms with Crippen molar-refractivity contribution in [2.45, 2.75) is 0 Å². The Hall–Kier alpha value is 0.485. The molecule has 0 heterocycles. The molecule has 0 aromatic heterocycles. The van der Waals surface area contributed by atoms with E-state index in [4.69, 9.17) is 7.98 Å². The molecular weight excluding hydrogens is 167 g/mol. The summed E-state index contributed by atoms with van der Waals surface area (Å²) in [5, 5.41) is 0. The third-order valence-electron chi connectivity index (χ3n) is 0.987. The minimum Gasteiger partial charge on any atom is -0.308 e. The zero-order valence-corrected chi connectivity index (χ0v) is 8.52. The van der Waals surface area contributed by atoms with Gasteiger partial charge in [-0.15, -0.1) is 0 Å². The molecular formula is C4H12BNO2P2. The van der Waals surface area contributed by atoms with E-state index in [9.17, 15) is 9.13 Å². The predicted octanol–water partition coefficient (Wildman–Crippen LogP) is 1.45. The maximum Gasteiger partial charge on any atom is 0.202 e. The summed E-state index contributed by atoms with van der Waals surface area (Å²) in [4.78, 5) is 0. The van der Waals surface area contributed by atoms with Crippen LogP contribution in [0.3, 0.4) is 0 Å². The highest BCUT2D eigenvalue weighted by Crippen LogP contribution is 2.56. The standard InChI is InChI=1S/C4H12BNO2P2/c1-9(2,7)6(5)10(3,4)8/h1-4H3. The predicted molar refractivity (Wildman–Crippen MR) is 46.5 cm³/mol. The van der Waals surface area contributed by atoms with E-state index in [0.29, 0.717) is 0 Å². The number of rotatable bonds is 2. The second kappa shape index (κ2) is 2.85. The first-order chi connectivity index (χ1) is 4.15. The number of nitrogens with zero attached hydrogens (tertiary/aromatic N) is 1. The first-order valence-corrected chi connectivity index (χ1v) is 7.92. The van der Waals surface area contributed by atoms with Gasteiger partial charge < -0.3 is 9.13 Å². The highest BCUT2D eigenvalue weighted by atomic mass is 31.2. The van der Waals surface area contributed by atoms with E-state index in [-0.39, 0.29) is 0 Å². The van der Waals surface area contributed by atoms with Crippen molar-refractivity contribution in [2.75, 3.05) is 26.7 Å². The summed E-state index contributed by atoms with van der Waals surface area (Å²) in [5.74, 6) is 0. The molecule has 3 nitrogen and oxygen atoms in total. The Bertz CT molecular complexity index is 183. The van der Waals surface area contributed by atoms with Crippen LogP contribution in [0.2, 0.25) is 0 Å². The van der Waals surface area contributed by atoms with Crippen molar-refractivity contribution in [2.24, 2.45) is 0 Å². The fourth-order valence-corrected chi connectivity index (χ4v) is 4.67. The maximum absolute atomic E-state index is 11.2. The van der Waals surface area contributed by atoms with Gasteiger partial charge in [-0.05, 0) is 0 Å². The van der Waals surface area contributed by atoms with Crippen LogP contribution in [-0.4, -0.2) is 39.0 Å². The molecule has 0 atom stereocenters. The van der Waals surface area contributed by atoms with Crippen LogP contribution in [-0.2, 0) is 9.13 Å². The molecule has 0 N–H and O–H groups in total. The minimum absolute atomic E-state index is 0.986. The zero-order valence-electron chi connectivity index (χ0n) is 6.74. The van der Waals surface area contributed by atoms with E-state index >= 15 is 0 Å². The van der Waals surface area contributed by atoms with E-state index in [0.717, 1.165) is 4.35 Å². The Morgan fingerprint density at radius 1 is 1.00 bits per heavy atom. The molecule has 10 heavy (non-hydrogen) atoms. The molecule has 0 bridgehead atoms. The third-order valence-corrected chi connectivity index (χ3v) is 5.55. The van der Waals surface area contributed by atoms with Gasteiger partial charge in [-0.2, -0.15) is 0 Å². The minimum atomic E-state index is -2.53. The van der Waals surface area contributed by atoms with Gasteiger partial charge in [0.25, 0.3) is 0 Å². The normalized spacial score (nSPS) is 14.1. The average molecular weight is 179 g/mol. The third kappa shape index (κ3) is 3.05. The molecule has 0 saturated carbocycles. The van der Waals surface area contributed by atoms with E-state index < -0.39 is 14.6 Å². The fourth-order valence-electron chi connectivity index (χ4n) is 0.519. The van der Waals surface area contributed by atoms with Gasteiger partial charge in [0.15, 0.2) is 0 Å². The number of hydrogen-bond acceptors (Lipinski definition) is 2. The van der Waals surface area contributed by atoms with Gasteiger partial charge >= 0.3 is 0 Å². The lowest BCUT2D eigenvalue weighted by Gasteiger charge is -2.26. The summed E-state index contributed by atoms with van der Waals surface area (Å²) in [5.41, 5.74) is 0. The van der Waals surface area contributed by atoms with Gasteiger partial charge in [-0.3, -0.25) is 4.35 Å². The molecule has 0 aliphatic heterocycles. The Kier molecular flexibility index (Phi) is 2.99. The molecule has 0 unspecified atom stereocenters. The van der Waals surface area contributed by atoms with Gasteiger partial charge in [0.05, 0.1) is 0 Å². The topological polar surface area (TPSA) is 37.4 Å². The highest BCUT2D eigenvalue weighted by Gasteiger charge is 2.24. The molecule has 0 amide bonds. The van der Waals surface area contributed by atoms with Crippen molar-refractivity contribution < 1.29 is 9.13 Å². The zero-order chi connectivity index (χ0) is 8.58. The SMILES string of the molecule is [B]N(P(C)(C)=O)P(C)(C)=O. The van der Waals surface area contributed by atoms with E-state index in [1.54, 1.807) is 0 Å². The second-order valence-corrected chi connectivity index (χ2v) is 9.26. The van der Waals surface area contributed by atoms with Crippen LogP contribution >= 0.6 is 14.6 Å². The lowest BCUT2D eigenvalue weighted by molar-refractivity contribution is 0.551. The van der Waals surface area contributed by atoms with Crippen LogP contribution in [0.4, 0.5) is 0 Å². The Balaban J connectivity index is 4.56. The van der Waals surface area contributed by atoms with Crippen molar-refractivity contribution >= 4 is 22.6 Å². The fraction of sp³-hybridized carbons (Fsp3) is 1.00. The monoisotopic (exact) mass is 179 g/mol. The molecule has 0 rings (SSSR count). The van der Waals surface area contributed by atoms with Crippen LogP contribution in [0.15, 0.2) is 0 Å². The van der Waals surface area contributed by atoms with Crippen LogP contribution in [0, 0.1) is 0 Å². The molecule has 0 aliphatic carbocycles. The molecule has 0 fully saturated rings. The van der Waals surface area contributed by atoms with E-state index in [1.165, 1.54) is 26.7 Å². The average Bonchev–Trinajstić information content (AvgIpc) is 1.59. The summed E-state index contributed by atoms with van der Waals surface area (Å²) in [6.07, 6.45) is 0. The van der Waals surface area contributed by atoms with Crippen molar-refractivity contribution in [1.82, 2.24) is 4.35 Å². The number of hydrogen-bond donors (Lipinski definition) is 0. The summed E-state index contributed by atoms with van der Waals surface area (Å²) in [6.45, 7) is 5.97. The second-order valence-electron chi connectivity index (χ2n) is 2.91. The van der Waals surface area contributed by atoms with Gasteiger partial charge in [0.2, 0.25) is 7.98 Å². The van der Waals surface area contributed by atoms with E-state index in [2.05, 4.69) is 0 Å². The van der Waals surface area contributed by atoms with Crippen LogP contribution < -0.4 is 0 Å². The molecule has 0 aromatic rings. The van der Waals surface area contributed by atoms with Crippen molar-refractivity contribution in [1.29, 1.82) is 0 Å².